The van der Waals surface area contributed by atoms with Crippen LogP contribution < -0.4 is 4.90 Å². The first-order valence-corrected chi connectivity index (χ1v) is 9.04. The lowest BCUT2D eigenvalue weighted by molar-refractivity contribution is 0.0737. The number of hydrogen-bond acceptors (Lipinski definition) is 3. The zero-order chi connectivity index (χ0) is 18.8. The minimum absolute atomic E-state index is 0.0485. The highest BCUT2D eigenvalue weighted by molar-refractivity contribution is 5.93. The van der Waals surface area contributed by atoms with E-state index in [0.717, 1.165) is 18.8 Å². The van der Waals surface area contributed by atoms with Gasteiger partial charge in [0, 0.05) is 31.9 Å². The van der Waals surface area contributed by atoms with Crippen molar-refractivity contribution in [2.24, 2.45) is 0 Å². The number of benzene rings is 2. The Labute approximate surface area is 157 Å². The highest BCUT2D eigenvalue weighted by atomic mass is 19.1. The van der Waals surface area contributed by atoms with Crippen molar-refractivity contribution in [3.05, 3.63) is 77.9 Å². The number of nitrogens with zero attached hydrogens (tertiary/aromatic N) is 4. The SMILES string of the molecule is Cc1cc(C(=O)N2CCN(c3ccccc3)CC2)n(-c2ccc(F)cc2)n1. The van der Waals surface area contributed by atoms with Gasteiger partial charge in [0.15, 0.2) is 0 Å². The Kier molecular flexibility index (Phi) is 4.62. The average molecular weight is 364 g/mol. The number of rotatable bonds is 3. The molecule has 1 fully saturated rings. The maximum absolute atomic E-state index is 13.2. The smallest absolute Gasteiger partial charge is 0.272 e. The molecule has 1 saturated heterocycles. The fourth-order valence-electron chi connectivity index (χ4n) is 3.40. The Morgan fingerprint density at radius 1 is 0.926 bits per heavy atom. The predicted molar refractivity (Wildman–Crippen MR) is 103 cm³/mol. The normalized spacial score (nSPS) is 14.4. The molecule has 5 nitrogen and oxygen atoms in total. The van der Waals surface area contributed by atoms with Crippen LogP contribution in [0.15, 0.2) is 60.7 Å². The molecule has 1 aliphatic heterocycles. The molecule has 0 radical (unpaired) electrons. The van der Waals surface area contributed by atoms with Gasteiger partial charge in [0.05, 0.1) is 11.4 Å². The van der Waals surface area contributed by atoms with Crippen LogP contribution in [0.3, 0.4) is 0 Å². The highest BCUT2D eigenvalue weighted by Crippen LogP contribution is 2.19. The number of aromatic nitrogens is 2. The predicted octanol–water partition coefficient (Wildman–Crippen LogP) is 3.28. The molecule has 6 heteroatoms. The van der Waals surface area contributed by atoms with Crippen molar-refractivity contribution in [1.29, 1.82) is 0 Å². The summed E-state index contributed by atoms with van der Waals surface area (Å²) in [6.07, 6.45) is 0. The van der Waals surface area contributed by atoms with Crippen LogP contribution in [-0.2, 0) is 0 Å². The van der Waals surface area contributed by atoms with Crippen molar-refractivity contribution in [2.45, 2.75) is 6.92 Å². The van der Waals surface area contributed by atoms with Crippen LogP contribution in [0.1, 0.15) is 16.2 Å². The van der Waals surface area contributed by atoms with Gasteiger partial charge in [0.2, 0.25) is 0 Å². The first kappa shape index (κ1) is 17.3. The van der Waals surface area contributed by atoms with Gasteiger partial charge >= 0.3 is 0 Å². The Bertz CT molecular complexity index is 929. The van der Waals surface area contributed by atoms with E-state index >= 15 is 0 Å². The summed E-state index contributed by atoms with van der Waals surface area (Å²) in [6, 6.07) is 18.0. The molecule has 0 unspecified atom stereocenters. The molecule has 0 N–H and O–H groups in total. The van der Waals surface area contributed by atoms with Crippen molar-refractivity contribution in [3.63, 3.8) is 0 Å². The summed E-state index contributed by atoms with van der Waals surface area (Å²) in [6.45, 7) is 4.74. The van der Waals surface area contributed by atoms with Crippen molar-refractivity contribution in [1.82, 2.24) is 14.7 Å². The van der Waals surface area contributed by atoms with Gasteiger partial charge < -0.3 is 9.80 Å². The van der Waals surface area contributed by atoms with Gasteiger partial charge in [-0.3, -0.25) is 4.79 Å². The van der Waals surface area contributed by atoms with Crippen molar-refractivity contribution in [2.75, 3.05) is 31.1 Å². The van der Waals surface area contributed by atoms with E-state index < -0.39 is 0 Å². The molecule has 0 atom stereocenters. The first-order chi connectivity index (χ1) is 13.1. The van der Waals surface area contributed by atoms with Crippen LogP contribution in [-0.4, -0.2) is 46.8 Å². The van der Waals surface area contributed by atoms with Gasteiger partial charge in [-0.05, 0) is 49.4 Å². The average Bonchev–Trinajstić information content (AvgIpc) is 3.10. The monoisotopic (exact) mass is 364 g/mol. The lowest BCUT2D eigenvalue weighted by atomic mass is 10.2. The second-order valence-electron chi connectivity index (χ2n) is 6.67. The second-order valence-corrected chi connectivity index (χ2v) is 6.67. The van der Waals surface area contributed by atoms with E-state index in [2.05, 4.69) is 22.1 Å². The van der Waals surface area contributed by atoms with Crippen molar-refractivity contribution < 1.29 is 9.18 Å². The Morgan fingerprint density at radius 3 is 2.26 bits per heavy atom. The van der Waals surface area contributed by atoms with Crippen LogP contribution in [0.25, 0.3) is 5.69 Å². The number of para-hydroxylation sites is 1. The number of carbonyl (C=O) groups excluding carboxylic acids is 1. The lowest BCUT2D eigenvalue weighted by Gasteiger charge is -2.36. The maximum atomic E-state index is 13.2. The zero-order valence-electron chi connectivity index (χ0n) is 15.2. The first-order valence-electron chi connectivity index (χ1n) is 9.04. The topological polar surface area (TPSA) is 41.4 Å². The minimum Gasteiger partial charge on any atom is -0.368 e. The molecule has 2 heterocycles. The summed E-state index contributed by atoms with van der Waals surface area (Å²) in [5, 5.41) is 4.43. The lowest BCUT2D eigenvalue weighted by Crippen LogP contribution is -2.49. The van der Waals surface area contributed by atoms with Crippen LogP contribution in [0.5, 0.6) is 0 Å². The van der Waals surface area contributed by atoms with E-state index in [1.54, 1.807) is 22.9 Å². The third-order valence-electron chi connectivity index (χ3n) is 4.81. The molecule has 0 spiro atoms. The summed E-state index contributed by atoms with van der Waals surface area (Å²) in [7, 11) is 0. The third-order valence-corrected chi connectivity index (χ3v) is 4.81. The van der Waals surface area contributed by atoms with Crippen molar-refractivity contribution >= 4 is 11.6 Å². The van der Waals surface area contributed by atoms with Crippen LogP contribution >= 0.6 is 0 Å². The van der Waals surface area contributed by atoms with Gasteiger partial charge in [-0.15, -0.1) is 0 Å². The molecular formula is C21H21FN4O. The number of piperazine rings is 1. The Hall–Kier alpha value is -3.15. The molecule has 1 aromatic heterocycles. The van der Waals surface area contributed by atoms with E-state index in [-0.39, 0.29) is 11.7 Å². The molecule has 1 aliphatic rings. The largest absolute Gasteiger partial charge is 0.368 e. The number of carbonyl (C=O) groups is 1. The molecule has 0 bridgehead atoms. The van der Waals surface area contributed by atoms with E-state index in [4.69, 9.17) is 0 Å². The fraction of sp³-hybridized carbons (Fsp3) is 0.238. The summed E-state index contributed by atoms with van der Waals surface area (Å²) in [5.41, 5.74) is 3.12. The van der Waals surface area contributed by atoms with E-state index in [9.17, 15) is 9.18 Å². The standard InChI is InChI=1S/C21H21FN4O/c1-16-15-20(26(23-16)19-9-7-17(22)8-10-19)21(27)25-13-11-24(12-14-25)18-5-3-2-4-6-18/h2-10,15H,11-14H2,1H3. The molecule has 0 saturated carbocycles. The zero-order valence-corrected chi connectivity index (χ0v) is 15.2. The third kappa shape index (κ3) is 3.56. The Balaban J connectivity index is 1.52. The quantitative estimate of drug-likeness (QED) is 0.716. The van der Waals surface area contributed by atoms with E-state index in [1.165, 1.54) is 17.8 Å². The molecule has 138 valence electrons. The number of anilines is 1. The van der Waals surface area contributed by atoms with Crippen LogP contribution in [0, 0.1) is 12.7 Å². The number of amides is 1. The van der Waals surface area contributed by atoms with E-state index in [1.807, 2.05) is 30.0 Å². The summed E-state index contributed by atoms with van der Waals surface area (Å²) in [5.74, 6) is -0.361. The van der Waals surface area contributed by atoms with Gasteiger partial charge in [-0.25, -0.2) is 9.07 Å². The van der Waals surface area contributed by atoms with Gasteiger partial charge in [0.25, 0.3) is 5.91 Å². The minimum atomic E-state index is -0.312. The molecular weight excluding hydrogens is 343 g/mol. The molecule has 1 amide bonds. The fourth-order valence-corrected chi connectivity index (χ4v) is 3.40. The number of hydrogen-bond donors (Lipinski definition) is 0. The Morgan fingerprint density at radius 2 is 1.59 bits per heavy atom. The number of halogens is 1. The summed E-state index contributed by atoms with van der Waals surface area (Å²) in [4.78, 5) is 17.2. The molecule has 2 aromatic carbocycles. The second kappa shape index (κ2) is 7.23. The van der Waals surface area contributed by atoms with Crippen molar-refractivity contribution in [3.8, 4) is 5.69 Å². The molecule has 3 aromatic rings. The molecule has 27 heavy (non-hydrogen) atoms. The summed E-state index contributed by atoms with van der Waals surface area (Å²) >= 11 is 0. The molecule has 4 rings (SSSR count). The van der Waals surface area contributed by atoms with Gasteiger partial charge in [-0.2, -0.15) is 5.10 Å². The van der Waals surface area contributed by atoms with Gasteiger partial charge in [-0.1, -0.05) is 18.2 Å². The van der Waals surface area contributed by atoms with Crippen LogP contribution in [0.4, 0.5) is 10.1 Å². The maximum Gasteiger partial charge on any atom is 0.272 e. The highest BCUT2D eigenvalue weighted by Gasteiger charge is 2.25. The molecule has 0 aliphatic carbocycles. The number of aryl methyl sites for hydroxylation is 1. The van der Waals surface area contributed by atoms with Crippen LogP contribution in [0.2, 0.25) is 0 Å². The summed E-state index contributed by atoms with van der Waals surface area (Å²) < 4.78 is 14.8. The van der Waals surface area contributed by atoms with Gasteiger partial charge in [0.1, 0.15) is 11.5 Å². The van der Waals surface area contributed by atoms with E-state index in [0.29, 0.717) is 24.5 Å².